The lowest BCUT2D eigenvalue weighted by Crippen LogP contribution is -2.53. The molecule has 2 aliphatic heterocycles. The highest BCUT2D eigenvalue weighted by atomic mass is 35.5. The number of halogens is 2. The normalized spacial score (nSPS) is 26.3. The van der Waals surface area contributed by atoms with Crippen molar-refractivity contribution in [1.82, 2.24) is 5.01 Å². The van der Waals surface area contributed by atoms with Gasteiger partial charge in [0.15, 0.2) is 11.5 Å². The van der Waals surface area contributed by atoms with Crippen LogP contribution in [-0.4, -0.2) is 40.4 Å². The molecule has 2 saturated heterocycles. The number of phenolic OH excluding ortho intramolecular Hbond substituents is 1. The maximum atomic E-state index is 15.3. The minimum Gasteiger partial charge on any atom is -0.504 e. The van der Waals surface area contributed by atoms with Crippen molar-refractivity contribution in [3.63, 3.8) is 0 Å². The summed E-state index contributed by atoms with van der Waals surface area (Å²) >= 11 is 6.37. The number of anilines is 2. The number of hydrogen-bond donors (Lipinski definition) is 2. The maximum Gasteiger partial charge on any atom is 0.260 e. The Balaban J connectivity index is 1.33. The van der Waals surface area contributed by atoms with Crippen LogP contribution in [0.15, 0.2) is 103 Å². The SMILES string of the molecule is CCOc1cccc(C2C3=CCC4C(=O)N(c5ccc(CC)cc5)C(=O)C4C3CC3C(=O)N(Nc4ccc(F)cc4)C(=O)C32c2ccc(Cl)cc2)c1O. The summed E-state index contributed by atoms with van der Waals surface area (Å²) < 4.78 is 19.7. The van der Waals surface area contributed by atoms with Gasteiger partial charge in [-0.15, -0.1) is 0 Å². The molecule has 11 heteroatoms. The summed E-state index contributed by atoms with van der Waals surface area (Å²) in [6, 6.07) is 24.5. The van der Waals surface area contributed by atoms with Crippen LogP contribution < -0.4 is 15.1 Å². The van der Waals surface area contributed by atoms with Gasteiger partial charge in [0, 0.05) is 16.5 Å². The van der Waals surface area contributed by atoms with Gasteiger partial charge in [-0.25, -0.2) is 4.39 Å². The number of imide groups is 2. The highest BCUT2D eigenvalue weighted by Crippen LogP contribution is 2.65. The van der Waals surface area contributed by atoms with Gasteiger partial charge in [0.05, 0.1) is 41.2 Å². The molecule has 0 aromatic heterocycles. The van der Waals surface area contributed by atoms with Crippen LogP contribution in [0, 0.1) is 29.5 Å². The van der Waals surface area contributed by atoms with E-state index < -0.39 is 52.6 Å². The van der Waals surface area contributed by atoms with Gasteiger partial charge in [-0.2, -0.15) is 5.01 Å². The average Bonchev–Trinajstić information content (AvgIpc) is 3.54. The van der Waals surface area contributed by atoms with Crippen LogP contribution in [0.2, 0.25) is 5.02 Å². The molecule has 4 aromatic rings. The molecule has 0 spiro atoms. The number of fused-ring (bicyclic) bond motifs is 4. The topological polar surface area (TPSA) is 116 Å². The Kier molecular flexibility index (Phi) is 8.60. The molecule has 2 heterocycles. The first-order valence-corrected chi connectivity index (χ1v) is 18.3. The van der Waals surface area contributed by atoms with E-state index in [0.717, 1.165) is 17.0 Å². The number of rotatable bonds is 8. The molecule has 53 heavy (non-hydrogen) atoms. The second kappa shape index (κ2) is 13.2. The number of allylic oxidation sites excluding steroid dienone is 2. The third-order valence-corrected chi connectivity index (χ3v) is 11.8. The predicted octanol–water partition coefficient (Wildman–Crippen LogP) is 7.34. The number of nitrogens with one attached hydrogen (secondary N) is 1. The van der Waals surface area contributed by atoms with E-state index in [0.29, 0.717) is 33.1 Å². The van der Waals surface area contributed by atoms with Crippen molar-refractivity contribution >= 4 is 46.6 Å². The van der Waals surface area contributed by atoms with Crippen molar-refractivity contribution in [2.45, 2.75) is 44.4 Å². The number of aromatic hydroxyl groups is 1. The van der Waals surface area contributed by atoms with Crippen LogP contribution in [-0.2, 0) is 31.0 Å². The highest BCUT2D eigenvalue weighted by molar-refractivity contribution is 6.30. The fourth-order valence-corrected chi connectivity index (χ4v) is 9.31. The lowest BCUT2D eigenvalue weighted by molar-refractivity contribution is -0.138. The second-order valence-electron chi connectivity index (χ2n) is 14.0. The quantitative estimate of drug-likeness (QED) is 0.144. The Labute approximate surface area is 311 Å². The van der Waals surface area contributed by atoms with Gasteiger partial charge in [0.2, 0.25) is 11.8 Å². The number of benzene rings is 4. The number of nitrogens with zero attached hydrogens (tertiary/aromatic N) is 2. The summed E-state index contributed by atoms with van der Waals surface area (Å²) in [6.45, 7) is 4.08. The van der Waals surface area contributed by atoms with Crippen LogP contribution in [0.5, 0.6) is 11.5 Å². The van der Waals surface area contributed by atoms with E-state index in [1.807, 2.05) is 25.1 Å². The van der Waals surface area contributed by atoms with Crippen LogP contribution in [0.25, 0.3) is 0 Å². The van der Waals surface area contributed by atoms with Crippen LogP contribution >= 0.6 is 11.6 Å². The first kappa shape index (κ1) is 34.6. The Morgan fingerprint density at radius 2 is 1.60 bits per heavy atom. The monoisotopic (exact) mass is 733 g/mol. The van der Waals surface area contributed by atoms with E-state index in [9.17, 15) is 23.9 Å². The number of ether oxygens (including phenoxy) is 1. The number of amides is 4. The Hall–Kier alpha value is -5.48. The lowest BCUT2D eigenvalue weighted by Gasteiger charge is -2.50. The first-order valence-electron chi connectivity index (χ1n) is 17.9. The average molecular weight is 734 g/mol. The number of para-hydroxylation sites is 1. The Bertz CT molecular complexity index is 2170. The van der Waals surface area contributed by atoms with Crippen molar-refractivity contribution in [3.8, 4) is 11.5 Å². The van der Waals surface area contributed by atoms with Crippen molar-refractivity contribution in [2.24, 2.45) is 23.7 Å². The lowest BCUT2D eigenvalue weighted by atomic mass is 9.49. The summed E-state index contributed by atoms with van der Waals surface area (Å²) in [5, 5.41) is 13.3. The fourth-order valence-electron chi connectivity index (χ4n) is 9.18. The molecule has 0 radical (unpaired) electrons. The third-order valence-electron chi connectivity index (χ3n) is 11.5. The Morgan fingerprint density at radius 3 is 2.28 bits per heavy atom. The molecular weight excluding hydrogens is 697 g/mol. The maximum absolute atomic E-state index is 15.3. The van der Waals surface area contributed by atoms with E-state index in [-0.39, 0.29) is 42.8 Å². The molecule has 4 amide bonds. The van der Waals surface area contributed by atoms with Gasteiger partial charge in [0.1, 0.15) is 5.82 Å². The molecule has 6 atom stereocenters. The van der Waals surface area contributed by atoms with Crippen molar-refractivity contribution < 1.29 is 33.4 Å². The molecule has 4 aliphatic rings. The third kappa shape index (κ3) is 5.25. The summed E-state index contributed by atoms with van der Waals surface area (Å²) in [5.41, 5.74) is 4.70. The van der Waals surface area contributed by atoms with Crippen molar-refractivity contribution in [1.29, 1.82) is 0 Å². The minimum absolute atomic E-state index is 0.0752. The number of carbonyl (C=O) groups excluding carboxylic acids is 4. The van der Waals surface area contributed by atoms with Crippen LogP contribution in [0.4, 0.5) is 15.8 Å². The van der Waals surface area contributed by atoms with E-state index in [1.54, 1.807) is 61.5 Å². The number of carbonyl (C=O) groups is 4. The number of aryl methyl sites for hydroxylation is 1. The Morgan fingerprint density at radius 1 is 0.887 bits per heavy atom. The van der Waals surface area contributed by atoms with E-state index in [1.165, 1.54) is 29.2 Å². The van der Waals surface area contributed by atoms with Gasteiger partial charge in [-0.1, -0.05) is 66.6 Å². The van der Waals surface area contributed by atoms with Crippen LogP contribution in [0.1, 0.15) is 49.3 Å². The molecule has 0 bridgehead atoms. The van der Waals surface area contributed by atoms with Gasteiger partial charge in [-0.05, 0) is 97.8 Å². The summed E-state index contributed by atoms with van der Waals surface area (Å²) in [5.74, 6) is -6.39. The highest BCUT2D eigenvalue weighted by Gasteiger charge is 2.70. The van der Waals surface area contributed by atoms with Crippen LogP contribution in [0.3, 0.4) is 0 Å². The number of hydrazine groups is 1. The van der Waals surface area contributed by atoms with Crippen molar-refractivity contribution in [2.75, 3.05) is 16.9 Å². The zero-order valence-corrected chi connectivity index (χ0v) is 29.8. The first-order chi connectivity index (χ1) is 25.6. The van der Waals surface area contributed by atoms with E-state index >= 15 is 4.79 Å². The fraction of sp³-hybridized carbons (Fsp3) is 0.286. The standard InChI is InChI=1S/C42H37ClFN3O6/c1-3-23-8-18-28(19-9-23)46-38(49)30-21-20-29-32(35(30)40(46)51)22-33-39(50)47(45-27-16-14-26(44)15-17-27)41(52)42(33,24-10-12-25(43)13-11-24)36(29)31-6-5-7-34(37(31)48)53-4-2/h5-20,30,32-33,35-36,45,48H,3-4,21-22H2,1-2H3. The molecule has 270 valence electrons. The molecule has 2 aliphatic carbocycles. The van der Waals surface area contributed by atoms with Gasteiger partial charge in [0.25, 0.3) is 11.8 Å². The minimum atomic E-state index is -1.63. The number of phenols is 1. The summed E-state index contributed by atoms with van der Waals surface area (Å²) in [6.07, 6.45) is 3.04. The summed E-state index contributed by atoms with van der Waals surface area (Å²) in [7, 11) is 0. The number of hydrogen-bond acceptors (Lipinski definition) is 7. The predicted molar refractivity (Wildman–Crippen MR) is 197 cm³/mol. The largest absolute Gasteiger partial charge is 0.504 e. The molecule has 8 rings (SSSR count). The molecule has 3 fully saturated rings. The van der Waals surface area contributed by atoms with Gasteiger partial charge >= 0.3 is 0 Å². The molecule has 9 nitrogen and oxygen atoms in total. The zero-order chi connectivity index (χ0) is 37.2. The van der Waals surface area contributed by atoms with Gasteiger partial charge in [-0.3, -0.25) is 29.5 Å². The smallest absolute Gasteiger partial charge is 0.260 e. The second-order valence-corrected chi connectivity index (χ2v) is 14.5. The van der Waals surface area contributed by atoms with E-state index in [4.69, 9.17) is 16.3 Å². The molecule has 4 aromatic carbocycles. The van der Waals surface area contributed by atoms with Gasteiger partial charge < -0.3 is 9.84 Å². The molecular formula is C42H37ClFN3O6. The van der Waals surface area contributed by atoms with E-state index in [2.05, 4.69) is 5.43 Å². The summed E-state index contributed by atoms with van der Waals surface area (Å²) in [4.78, 5) is 60.0. The molecule has 1 saturated carbocycles. The molecule has 2 N–H and O–H groups in total. The molecule has 6 unspecified atom stereocenters. The zero-order valence-electron chi connectivity index (χ0n) is 29.1. The van der Waals surface area contributed by atoms with Crippen molar-refractivity contribution in [3.05, 3.63) is 130 Å².